The number of carboxylic acid groups (broad SMARTS) is 1. The van der Waals surface area contributed by atoms with E-state index in [1.807, 2.05) is 0 Å². The molecule has 0 heterocycles. The highest BCUT2D eigenvalue weighted by molar-refractivity contribution is 5.92. The van der Waals surface area contributed by atoms with Gasteiger partial charge in [-0.15, -0.1) is 0 Å². The molecule has 10 heteroatoms. The van der Waals surface area contributed by atoms with Crippen LogP contribution < -0.4 is 5.43 Å². The van der Waals surface area contributed by atoms with Gasteiger partial charge in [0.05, 0.1) is 15.9 Å². The van der Waals surface area contributed by atoms with Crippen molar-refractivity contribution in [3.63, 3.8) is 0 Å². The van der Waals surface area contributed by atoms with Crippen LogP contribution >= 0.6 is 0 Å². The van der Waals surface area contributed by atoms with Gasteiger partial charge in [0.15, 0.2) is 0 Å². The Balaban J connectivity index is 1.61. The van der Waals surface area contributed by atoms with Crippen LogP contribution in [-0.2, 0) is 4.79 Å². The maximum absolute atomic E-state index is 11.7. The van der Waals surface area contributed by atoms with Crippen molar-refractivity contribution in [1.29, 1.82) is 0 Å². The zero-order valence-electron chi connectivity index (χ0n) is 25.1. The van der Waals surface area contributed by atoms with E-state index in [1.165, 1.54) is 37.8 Å². The normalized spacial score (nSPS) is 32.8. The van der Waals surface area contributed by atoms with Gasteiger partial charge in [0, 0.05) is 23.6 Å². The maximum Gasteiger partial charge on any atom is 0.303 e. The van der Waals surface area contributed by atoms with Gasteiger partial charge in [0.1, 0.15) is 5.69 Å². The minimum absolute atomic E-state index is 0.0349. The third-order valence-corrected chi connectivity index (χ3v) is 11.1. The number of hydrazone groups is 1. The molecule has 7 atom stereocenters. The van der Waals surface area contributed by atoms with Crippen molar-refractivity contribution < 1.29 is 19.7 Å². The summed E-state index contributed by atoms with van der Waals surface area (Å²) in [5.41, 5.74) is 2.85. The second-order valence-corrected chi connectivity index (χ2v) is 13.8. The van der Waals surface area contributed by atoms with Crippen LogP contribution in [0.15, 0.2) is 23.3 Å². The molecule has 4 rings (SSSR count). The number of carboxylic acids is 1. The fourth-order valence-corrected chi connectivity index (χ4v) is 8.94. The smallest absolute Gasteiger partial charge is 0.303 e. The number of anilines is 1. The SMILES string of the molecule is CC(C)CC[C@H](C)[C@@H]1CC[C@H]2[C@H]3CC/C(=N/Nc4ccc([N+](=O)[O-])cc4[N+](=O)[O-])[C@@](C)(CCC(=O)O)[C@@H]3CC[C@@]21C. The molecule has 3 fully saturated rings. The van der Waals surface area contributed by atoms with Crippen LogP contribution in [0.4, 0.5) is 17.1 Å². The molecule has 0 saturated heterocycles. The van der Waals surface area contributed by atoms with Crippen LogP contribution in [0.3, 0.4) is 0 Å². The second-order valence-electron chi connectivity index (χ2n) is 13.8. The molecule has 0 amide bonds. The molecule has 0 radical (unpaired) electrons. The highest BCUT2D eigenvalue weighted by Crippen LogP contribution is 2.66. The van der Waals surface area contributed by atoms with E-state index in [-0.39, 0.29) is 17.8 Å². The number of non-ortho nitro benzene ring substituents is 1. The second kappa shape index (κ2) is 12.1. The van der Waals surface area contributed by atoms with E-state index in [4.69, 9.17) is 0 Å². The van der Waals surface area contributed by atoms with Crippen LogP contribution in [0.25, 0.3) is 0 Å². The molecule has 0 unspecified atom stereocenters. The quantitative estimate of drug-likeness (QED) is 0.202. The van der Waals surface area contributed by atoms with E-state index in [2.05, 4.69) is 45.1 Å². The molecule has 0 aromatic heterocycles. The van der Waals surface area contributed by atoms with Crippen molar-refractivity contribution in [1.82, 2.24) is 0 Å². The Kier molecular flexibility index (Phi) is 9.09. The van der Waals surface area contributed by atoms with Crippen LogP contribution in [0.1, 0.15) is 98.8 Å². The fourth-order valence-electron chi connectivity index (χ4n) is 8.94. The van der Waals surface area contributed by atoms with E-state index in [0.717, 1.165) is 37.0 Å². The molecule has 0 spiro atoms. The number of fused-ring (bicyclic) bond motifs is 3. The zero-order valence-corrected chi connectivity index (χ0v) is 25.1. The molecule has 2 N–H and O–H groups in total. The van der Waals surface area contributed by atoms with Crippen LogP contribution in [-0.4, -0.2) is 26.6 Å². The number of nitro benzene ring substituents is 2. The Morgan fingerprint density at radius 2 is 1.80 bits per heavy atom. The first-order chi connectivity index (χ1) is 19.3. The molecule has 3 aliphatic carbocycles. The number of nitrogens with one attached hydrogen (secondary N) is 1. The third kappa shape index (κ3) is 6.11. The summed E-state index contributed by atoms with van der Waals surface area (Å²) in [5.74, 6) is 2.70. The molecule has 226 valence electrons. The standard InChI is InChI=1S/C31H46N4O6/c1-19(2)6-7-20(3)23-10-11-24-22-9-13-28(31(5,17-15-29(36)37)25(22)14-16-30(23,24)4)33-32-26-12-8-21(34(38)39)18-27(26)35(40)41/h8,12,18-20,22-25,32H,6-7,9-11,13-17H2,1-5H3,(H,36,37)/b33-28-/t20-,22+,23-,24-,25+,30+,31-/m0/s1. The Morgan fingerprint density at radius 1 is 1.07 bits per heavy atom. The maximum atomic E-state index is 11.7. The van der Waals surface area contributed by atoms with Gasteiger partial charge in [-0.05, 0) is 91.9 Å². The molecule has 41 heavy (non-hydrogen) atoms. The van der Waals surface area contributed by atoms with Crippen molar-refractivity contribution in [2.45, 2.75) is 98.8 Å². The third-order valence-electron chi connectivity index (χ3n) is 11.1. The van der Waals surface area contributed by atoms with Crippen molar-refractivity contribution >= 4 is 28.7 Å². The summed E-state index contributed by atoms with van der Waals surface area (Å²) in [6.07, 6.45) is 9.35. The molecular formula is C31H46N4O6. The number of nitro groups is 2. The summed E-state index contributed by atoms with van der Waals surface area (Å²) < 4.78 is 0. The predicted molar refractivity (Wildman–Crippen MR) is 159 cm³/mol. The molecule has 0 aliphatic heterocycles. The van der Waals surface area contributed by atoms with Gasteiger partial charge < -0.3 is 5.11 Å². The largest absolute Gasteiger partial charge is 0.481 e. The van der Waals surface area contributed by atoms with E-state index in [1.54, 1.807) is 0 Å². The Bertz CT molecular complexity index is 1200. The van der Waals surface area contributed by atoms with Crippen molar-refractivity contribution in [3.05, 3.63) is 38.4 Å². The number of rotatable bonds is 11. The lowest BCUT2D eigenvalue weighted by molar-refractivity contribution is -0.393. The Morgan fingerprint density at radius 3 is 2.44 bits per heavy atom. The highest BCUT2D eigenvalue weighted by Gasteiger charge is 2.59. The zero-order chi connectivity index (χ0) is 30.1. The highest BCUT2D eigenvalue weighted by atomic mass is 16.6. The number of carbonyl (C=O) groups is 1. The van der Waals surface area contributed by atoms with Crippen LogP contribution in [0.5, 0.6) is 0 Å². The monoisotopic (exact) mass is 570 g/mol. The van der Waals surface area contributed by atoms with Crippen molar-refractivity contribution in [3.8, 4) is 0 Å². The van der Waals surface area contributed by atoms with Gasteiger partial charge >= 0.3 is 11.7 Å². The van der Waals surface area contributed by atoms with Gasteiger partial charge in [0.25, 0.3) is 5.69 Å². The molecule has 10 nitrogen and oxygen atoms in total. The van der Waals surface area contributed by atoms with Gasteiger partial charge in [-0.1, -0.05) is 47.5 Å². The summed E-state index contributed by atoms with van der Waals surface area (Å²) in [6.45, 7) is 11.7. The predicted octanol–water partition coefficient (Wildman–Crippen LogP) is 8.07. The van der Waals surface area contributed by atoms with Crippen molar-refractivity contribution in [2.24, 2.45) is 51.4 Å². The number of aliphatic carboxylic acids is 1. The van der Waals surface area contributed by atoms with Crippen molar-refractivity contribution in [2.75, 3.05) is 5.43 Å². The number of nitrogens with zero attached hydrogens (tertiary/aromatic N) is 3. The van der Waals surface area contributed by atoms with E-state index in [9.17, 15) is 30.1 Å². The van der Waals surface area contributed by atoms with E-state index >= 15 is 0 Å². The van der Waals surface area contributed by atoms with Gasteiger partial charge in [-0.2, -0.15) is 5.10 Å². The fraction of sp³-hybridized carbons (Fsp3) is 0.742. The topological polar surface area (TPSA) is 148 Å². The Labute approximate surface area is 242 Å². The lowest BCUT2D eigenvalue weighted by Crippen LogP contribution is -2.53. The Hall–Kier alpha value is -3.04. The minimum atomic E-state index is -0.841. The summed E-state index contributed by atoms with van der Waals surface area (Å²) in [7, 11) is 0. The lowest BCUT2D eigenvalue weighted by Gasteiger charge is -2.57. The first kappa shape index (κ1) is 30.9. The molecule has 3 aliphatic rings. The number of benzene rings is 1. The number of hydrogen-bond donors (Lipinski definition) is 2. The van der Waals surface area contributed by atoms with Crippen LogP contribution in [0, 0.1) is 66.6 Å². The first-order valence-electron chi connectivity index (χ1n) is 15.3. The van der Waals surface area contributed by atoms with Gasteiger partial charge in [-0.25, -0.2) is 0 Å². The molecular weight excluding hydrogens is 524 g/mol. The first-order valence-corrected chi connectivity index (χ1v) is 15.3. The summed E-state index contributed by atoms with van der Waals surface area (Å²) in [6, 6.07) is 3.46. The average molecular weight is 571 g/mol. The van der Waals surface area contributed by atoms with Crippen LogP contribution in [0.2, 0.25) is 0 Å². The summed E-state index contributed by atoms with van der Waals surface area (Å²) >= 11 is 0. The average Bonchev–Trinajstić information content (AvgIpc) is 3.27. The molecule has 0 bridgehead atoms. The lowest BCUT2D eigenvalue weighted by atomic mass is 9.47. The van der Waals surface area contributed by atoms with Gasteiger partial charge in [-0.3, -0.25) is 30.4 Å². The van der Waals surface area contributed by atoms with E-state index in [0.29, 0.717) is 47.8 Å². The molecule has 1 aromatic carbocycles. The number of hydrogen-bond acceptors (Lipinski definition) is 7. The molecule has 1 aromatic rings. The molecule has 3 saturated carbocycles. The summed E-state index contributed by atoms with van der Waals surface area (Å²) in [5, 5.41) is 37.1. The summed E-state index contributed by atoms with van der Waals surface area (Å²) in [4.78, 5) is 33.2. The minimum Gasteiger partial charge on any atom is -0.481 e. The van der Waals surface area contributed by atoms with Gasteiger partial charge in [0.2, 0.25) is 0 Å². The van der Waals surface area contributed by atoms with E-state index < -0.39 is 26.9 Å².